The Labute approximate surface area is 117 Å². The summed E-state index contributed by atoms with van der Waals surface area (Å²) in [7, 11) is 0. The number of hydrogen-bond donors (Lipinski definition) is 1. The molecular formula is C16H27N3. The molecule has 19 heavy (non-hydrogen) atoms. The summed E-state index contributed by atoms with van der Waals surface area (Å²) >= 11 is 0. The minimum atomic E-state index is 0.102. The van der Waals surface area contributed by atoms with Gasteiger partial charge in [0.2, 0.25) is 0 Å². The molecule has 1 aliphatic rings. The lowest BCUT2D eigenvalue weighted by atomic mass is 10.1. The Morgan fingerprint density at radius 1 is 1.05 bits per heavy atom. The quantitative estimate of drug-likeness (QED) is 0.904. The van der Waals surface area contributed by atoms with E-state index in [2.05, 4.69) is 54.8 Å². The van der Waals surface area contributed by atoms with Crippen molar-refractivity contribution in [1.82, 2.24) is 4.90 Å². The molecule has 0 saturated carbocycles. The third-order valence-corrected chi connectivity index (χ3v) is 3.76. The smallest absolute Gasteiger partial charge is 0.0415 e. The molecule has 1 aromatic rings. The van der Waals surface area contributed by atoms with Crippen molar-refractivity contribution in [3.8, 4) is 0 Å². The molecule has 2 N–H and O–H groups in total. The van der Waals surface area contributed by atoms with Gasteiger partial charge < -0.3 is 10.6 Å². The molecule has 106 valence electrons. The van der Waals surface area contributed by atoms with Crippen LogP contribution < -0.4 is 10.6 Å². The number of benzene rings is 1. The number of nitrogens with zero attached hydrogens (tertiary/aromatic N) is 2. The number of piperazine rings is 1. The summed E-state index contributed by atoms with van der Waals surface area (Å²) in [6.45, 7) is 12.4. The van der Waals surface area contributed by atoms with Gasteiger partial charge in [0.1, 0.15) is 0 Å². The lowest BCUT2D eigenvalue weighted by Gasteiger charge is -2.38. The second-order valence-corrected chi connectivity index (χ2v) is 6.03. The maximum absolute atomic E-state index is 6.08. The monoisotopic (exact) mass is 261 g/mol. The lowest BCUT2D eigenvalue weighted by Crippen LogP contribution is -2.47. The van der Waals surface area contributed by atoms with Gasteiger partial charge in [0, 0.05) is 44.5 Å². The fraction of sp³-hybridized carbons (Fsp3) is 0.625. The standard InChI is InChI=1S/C16H27N3/c1-13(2)12-18-8-10-19(11-9-18)16-7-5-4-6-15(16)14(3)17/h4-7,13-14H,8-12,17H2,1-3H3/t14-/m1/s1. The van der Waals surface area contributed by atoms with E-state index in [0.29, 0.717) is 0 Å². The summed E-state index contributed by atoms with van der Waals surface area (Å²) in [4.78, 5) is 5.05. The SMILES string of the molecule is CC(C)CN1CCN(c2ccccc2[C@@H](C)N)CC1. The van der Waals surface area contributed by atoms with Gasteiger partial charge in [0.05, 0.1) is 0 Å². The van der Waals surface area contributed by atoms with Crippen molar-refractivity contribution >= 4 is 5.69 Å². The maximum atomic E-state index is 6.08. The van der Waals surface area contributed by atoms with E-state index in [1.54, 1.807) is 0 Å². The van der Waals surface area contributed by atoms with Crippen LogP contribution in [0, 0.1) is 5.92 Å². The highest BCUT2D eigenvalue weighted by Crippen LogP contribution is 2.25. The van der Waals surface area contributed by atoms with Crippen LogP contribution in [0.3, 0.4) is 0 Å². The van der Waals surface area contributed by atoms with Crippen molar-refractivity contribution in [3.63, 3.8) is 0 Å². The first kappa shape index (κ1) is 14.4. The Kier molecular flexibility index (Phi) is 4.83. The predicted molar refractivity (Wildman–Crippen MR) is 82.5 cm³/mol. The fourth-order valence-corrected chi connectivity index (χ4v) is 2.85. The highest BCUT2D eigenvalue weighted by molar-refractivity contribution is 5.55. The first-order valence-electron chi connectivity index (χ1n) is 7.39. The Balaban J connectivity index is 2.02. The van der Waals surface area contributed by atoms with Gasteiger partial charge >= 0.3 is 0 Å². The number of nitrogens with two attached hydrogens (primary N) is 1. The number of hydrogen-bond acceptors (Lipinski definition) is 3. The highest BCUT2D eigenvalue weighted by Gasteiger charge is 2.20. The first-order valence-corrected chi connectivity index (χ1v) is 7.39. The van der Waals surface area contributed by atoms with Gasteiger partial charge in [-0.05, 0) is 24.5 Å². The Hall–Kier alpha value is -1.06. The van der Waals surface area contributed by atoms with E-state index in [1.165, 1.54) is 17.8 Å². The Bertz CT molecular complexity index is 393. The number of para-hydroxylation sites is 1. The minimum absolute atomic E-state index is 0.102. The van der Waals surface area contributed by atoms with E-state index < -0.39 is 0 Å². The van der Waals surface area contributed by atoms with Gasteiger partial charge in [-0.1, -0.05) is 32.0 Å². The second kappa shape index (κ2) is 6.40. The summed E-state index contributed by atoms with van der Waals surface area (Å²) < 4.78 is 0. The zero-order chi connectivity index (χ0) is 13.8. The zero-order valence-corrected chi connectivity index (χ0v) is 12.5. The van der Waals surface area contributed by atoms with Crippen LogP contribution in [0.1, 0.15) is 32.4 Å². The molecule has 1 atom stereocenters. The molecule has 1 saturated heterocycles. The van der Waals surface area contributed by atoms with Gasteiger partial charge in [-0.15, -0.1) is 0 Å². The predicted octanol–water partition coefficient (Wildman–Crippen LogP) is 2.48. The molecule has 1 aliphatic heterocycles. The molecule has 3 nitrogen and oxygen atoms in total. The van der Waals surface area contributed by atoms with Gasteiger partial charge in [0.25, 0.3) is 0 Å². The van der Waals surface area contributed by atoms with Crippen LogP contribution in [0.25, 0.3) is 0 Å². The van der Waals surface area contributed by atoms with Gasteiger partial charge in [-0.3, -0.25) is 4.90 Å². The summed E-state index contributed by atoms with van der Waals surface area (Å²) in [5.41, 5.74) is 8.66. The molecule has 0 bridgehead atoms. The molecule has 0 aromatic heterocycles. The van der Waals surface area contributed by atoms with Crippen LogP contribution in [0.5, 0.6) is 0 Å². The molecule has 1 aromatic carbocycles. The third-order valence-electron chi connectivity index (χ3n) is 3.76. The van der Waals surface area contributed by atoms with E-state index in [9.17, 15) is 0 Å². The Morgan fingerprint density at radius 3 is 2.26 bits per heavy atom. The summed E-state index contributed by atoms with van der Waals surface area (Å²) in [5.74, 6) is 0.753. The van der Waals surface area contributed by atoms with Gasteiger partial charge in [0.15, 0.2) is 0 Å². The third kappa shape index (κ3) is 3.71. The summed E-state index contributed by atoms with van der Waals surface area (Å²) in [6.07, 6.45) is 0. The van der Waals surface area contributed by atoms with E-state index in [1.807, 2.05) is 0 Å². The van der Waals surface area contributed by atoms with Crippen molar-refractivity contribution in [2.45, 2.75) is 26.8 Å². The molecule has 0 amide bonds. The number of rotatable bonds is 4. The fourth-order valence-electron chi connectivity index (χ4n) is 2.85. The van der Waals surface area contributed by atoms with E-state index in [0.717, 1.165) is 32.1 Å². The van der Waals surface area contributed by atoms with Crippen molar-refractivity contribution in [2.24, 2.45) is 11.7 Å². The molecule has 0 radical (unpaired) electrons. The molecule has 0 spiro atoms. The highest BCUT2D eigenvalue weighted by atomic mass is 15.3. The molecule has 0 aliphatic carbocycles. The summed E-state index contributed by atoms with van der Waals surface area (Å²) in [6, 6.07) is 8.65. The molecule has 3 heteroatoms. The average Bonchev–Trinajstić information content (AvgIpc) is 2.39. The molecule has 1 fully saturated rings. The topological polar surface area (TPSA) is 32.5 Å². The van der Waals surface area contributed by atoms with Gasteiger partial charge in [-0.25, -0.2) is 0 Å². The Morgan fingerprint density at radius 2 is 1.68 bits per heavy atom. The van der Waals surface area contributed by atoms with Gasteiger partial charge in [-0.2, -0.15) is 0 Å². The van der Waals surface area contributed by atoms with E-state index >= 15 is 0 Å². The molecular weight excluding hydrogens is 234 g/mol. The molecule has 2 rings (SSSR count). The normalized spacial score (nSPS) is 18.9. The van der Waals surface area contributed by atoms with Crippen molar-refractivity contribution < 1.29 is 0 Å². The zero-order valence-electron chi connectivity index (χ0n) is 12.5. The molecule has 1 heterocycles. The minimum Gasteiger partial charge on any atom is -0.369 e. The summed E-state index contributed by atoms with van der Waals surface area (Å²) in [5, 5.41) is 0. The second-order valence-electron chi connectivity index (χ2n) is 6.03. The van der Waals surface area contributed by atoms with E-state index in [-0.39, 0.29) is 6.04 Å². The van der Waals surface area contributed by atoms with Crippen molar-refractivity contribution in [1.29, 1.82) is 0 Å². The van der Waals surface area contributed by atoms with Crippen LogP contribution in [-0.4, -0.2) is 37.6 Å². The lowest BCUT2D eigenvalue weighted by molar-refractivity contribution is 0.231. The largest absolute Gasteiger partial charge is 0.369 e. The van der Waals surface area contributed by atoms with Crippen LogP contribution >= 0.6 is 0 Å². The van der Waals surface area contributed by atoms with Crippen LogP contribution in [0.4, 0.5) is 5.69 Å². The van der Waals surface area contributed by atoms with Crippen LogP contribution in [0.15, 0.2) is 24.3 Å². The average molecular weight is 261 g/mol. The van der Waals surface area contributed by atoms with Crippen molar-refractivity contribution in [2.75, 3.05) is 37.6 Å². The van der Waals surface area contributed by atoms with E-state index in [4.69, 9.17) is 5.73 Å². The number of anilines is 1. The van der Waals surface area contributed by atoms with Crippen LogP contribution in [0.2, 0.25) is 0 Å². The first-order chi connectivity index (χ1) is 9.08. The van der Waals surface area contributed by atoms with Crippen LogP contribution in [-0.2, 0) is 0 Å². The van der Waals surface area contributed by atoms with Crippen molar-refractivity contribution in [3.05, 3.63) is 29.8 Å². The molecule has 0 unspecified atom stereocenters. The maximum Gasteiger partial charge on any atom is 0.0415 e.